The summed E-state index contributed by atoms with van der Waals surface area (Å²) < 4.78 is 0. The molecule has 112 valence electrons. The Balaban J connectivity index is 1.50. The Hall–Kier alpha value is -1.55. The van der Waals surface area contributed by atoms with Crippen molar-refractivity contribution in [3.63, 3.8) is 0 Å². The van der Waals surface area contributed by atoms with Crippen LogP contribution in [-0.2, 0) is 11.3 Å². The number of benzene rings is 1. The predicted molar refractivity (Wildman–Crippen MR) is 79.7 cm³/mol. The molecule has 21 heavy (non-hydrogen) atoms. The van der Waals surface area contributed by atoms with Gasteiger partial charge in [-0.05, 0) is 49.8 Å². The monoisotopic (exact) mass is 286 g/mol. The fourth-order valence-electron chi connectivity index (χ4n) is 3.93. The molecule has 1 aromatic carbocycles. The van der Waals surface area contributed by atoms with Gasteiger partial charge in [-0.25, -0.2) is 0 Å². The van der Waals surface area contributed by atoms with Crippen molar-refractivity contribution in [2.24, 2.45) is 5.92 Å². The molecule has 1 amide bonds. The maximum atomic E-state index is 12.9. The Labute approximate surface area is 125 Å². The molecule has 1 aliphatic carbocycles. The van der Waals surface area contributed by atoms with Crippen LogP contribution in [0, 0.1) is 5.92 Å². The highest BCUT2D eigenvalue weighted by molar-refractivity contribution is 5.81. The van der Waals surface area contributed by atoms with Gasteiger partial charge in [-0.15, -0.1) is 0 Å². The van der Waals surface area contributed by atoms with Gasteiger partial charge in [0.2, 0.25) is 5.91 Å². The second kappa shape index (κ2) is 5.02. The SMILES string of the molecule is O=C(C1CC2CCC1N2)N(Cc1cccc(O)c1)C1CC1. The van der Waals surface area contributed by atoms with Crippen LogP contribution in [0.1, 0.15) is 37.7 Å². The molecular formula is C17H22N2O2. The lowest BCUT2D eigenvalue weighted by atomic mass is 9.88. The van der Waals surface area contributed by atoms with Crippen molar-refractivity contribution in [2.45, 2.75) is 56.8 Å². The fourth-order valence-corrected chi connectivity index (χ4v) is 3.93. The van der Waals surface area contributed by atoms with E-state index in [0.29, 0.717) is 30.6 Å². The van der Waals surface area contributed by atoms with Crippen LogP contribution in [0.15, 0.2) is 24.3 Å². The van der Waals surface area contributed by atoms with E-state index in [0.717, 1.165) is 31.2 Å². The average Bonchev–Trinajstić information content (AvgIpc) is 3.10. The third-order valence-electron chi connectivity index (χ3n) is 5.15. The standard InChI is InChI=1S/C17H22N2O2/c20-14-3-1-2-11(8-14)10-19(13-5-6-13)17(21)15-9-12-4-7-16(15)18-12/h1-3,8,12-13,15-16,18,20H,4-7,9-10H2. The maximum Gasteiger partial charge on any atom is 0.227 e. The number of carbonyl (C=O) groups excluding carboxylic acids is 1. The Morgan fingerprint density at radius 3 is 2.76 bits per heavy atom. The third-order valence-corrected chi connectivity index (χ3v) is 5.15. The number of aromatic hydroxyl groups is 1. The number of phenolic OH excluding ortho intramolecular Hbond substituents is 1. The average molecular weight is 286 g/mol. The number of carbonyl (C=O) groups is 1. The summed E-state index contributed by atoms with van der Waals surface area (Å²) in [4.78, 5) is 15.0. The molecule has 3 atom stereocenters. The normalized spacial score (nSPS) is 30.6. The zero-order valence-electron chi connectivity index (χ0n) is 12.2. The second-order valence-corrected chi connectivity index (χ2v) is 6.76. The summed E-state index contributed by atoms with van der Waals surface area (Å²) in [5, 5.41) is 13.2. The lowest BCUT2D eigenvalue weighted by Gasteiger charge is -2.29. The summed E-state index contributed by atoms with van der Waals surface area (Å²) in [7, 11) is 0. The lowest BCUT2D eigenvalue weighted by Crippen LogP contribution is -2.41. The van der Waals surface area contributed by atoms with E-state index in [1.807, 2.05) is 12.1 Å². The molecule has 2 saturated heterocycles. The number of rotatable bonds is 4. The molecule has 0 spiro atoms. The quantitative estimate of drug-likeness (QED) is 0.890. The van der Waals surface area contributed by atoms with Crippen molar-refractivity contribution >= 4 is 5.91 Å². The zero-order valence-corrected chi connectivity index (χ0v) is 12.2. The number of fused-ring (bicyclic) bond motifs is 2. The van der Waals surface area contributed by atoms with Gasteiger partial charge in [0.05, 0.1) is 5.92 Å². The minimum atomic E-state index is 0.168. The van der Waals surface area contributed by atoms with Crippen LogP contribution in [-0.4, -0.2) is 34.0 Å². The molecule has 1 saturated carbocycles. The van der Waals surface area contributed by atoms with Crippen LogP contribution in [0.5, 0.6) is 5.75 Å². The first-order chi connectivity index (χ1) is 10.2. The predicted octanol–water partition coefficient (Wildman–Crippen LogP) is 2.02. The maximum absolute atomic E-state index is 12.9. The van der Waals surface area contributed by atoms with Crippen LogP contribution < -0.4 is 5.32 Å². The number of amides is 1. The minimum absolute atomic E-state index is 0.168. The molecule has 3 aliphatic rings. The molecular weight excluding hydrogens is 264 g/mol. The summed E-state index contributed by atoms with van der Waals surface area (Å²) in [6.45, 7) is 0.631. The molecule has 4 rings (SSSR count). The largest absolute Gasteiger partial charge is 0.508 e. The number of nitrogens with one attached hydrogen (secondary N) is 1. The van der Waals surface area contributed by atoms with Gasteiger partial charge in [-0.3, -0.25) is 4.79 Å². The lowest BCUT2D eigenvalue weighted by molar-refractivity contribution is -0.137. The van der Waals surface area contributed by atoms with E-state index < -0.39 is 0 Å². The molecule has 0 radical (unpaired) electrons. The Morgan fingerprint density at radius 2 is 2.14 bits per heavy atom. The first kappa shape index (κ1) is 13.1. The van der Waals surface area contributed by atoms with Crippen LogP contribution in [0.3, 0.4) is 0 Å². The van der Waals surface area contributed by atoms with Gasteiger partial charge in [-0.2, -0.15) is 0 Å². The Bertz CT molecular complexity index is 555. The Kier molecular flexibility index (Phi) is 3.14. The van der Waals surface area contributed by atoms with E-state index in [1.165, 1.54) is 6.42 Å². The van der Waals surface area contributed by atoms with Gasteiger partial charge < -0.3 is 15.3 Å². The molecule has 4 heteroatoms. The highest BCUT2D eigenvalue weighted by Gasteiger charge is 2.46. The number of phenols is 1. The molecule has 0 aromatic heterocycles. The molecule has 2 aliphatic heterocycles. The van der Waals surface area contributed by atoms with Crippen molar-refractivity contribution in [1.82, 2.24) is 10.2 Å². The van der Waals surface area contributed by atoms with Gasteiger partial charge in [0, 0.05) is 24.7 Å². The molecule has 1 aromatic rings. The van der Waals surface area contributed by atoms with Crippen LogP contribution >= 0.6 is 0 Å². The number of hydrogen-bond acceptors (Lipinski definition) is 3. The second-order valence-electron chi connectivity index (χ2n) is 6.76. The van der Waals surface area contributed by atoms with Crippen molar-refractivity contribution in [3.8, 4) is 5.75 Å². The summed E-state index contributed by atoms with van der Waals surface area (Å²) in [6, 6.07) is 8.65. The topological polar surface area (TPSA) is 52.6 Å². The first-order valence-corrected chi connectivity index (χ1v) is 8.05. The molecule has 2 N–H and O–H groups in total. The first-order valence-electron chi connectivity index (χ1n) is 8.05. The van der Waals surface area contributed by atoms with E-state index in [9.17, 15) is 9.90 Å². The minimum Gasteiger partial charge on any atom is -0.508 e. The van der Waals surface area contributed by atoms with Gasteiger partial charge >= 0.3 is 0 Å². The van der Waals surface area contributed by atoms with Gasteiger partial charge in [0.15, 0.2) is 0 Å². The van der Waals surface area contributed by atoms with Crippen molar-refractivity contribution in [3.05, 3.63) is 29.8 Å². The van der Waals surface area contributed by atoms with Crippen LogP contribution in [0.2, 0.25) is 0 Å². The van der Waals surface area contributed by atoms with Crippen molar-refractivity contribution in [2.75, 3.05) is 0 Å². The number of nitrogens with zero attached hydrogens (tertiary/aromatic N) is 1. The van der Waals surface area contributed by atoms with Gasteiger partial charge in [0.1, 0.15) is 5.75 Å². The number of hydrogen-bond donors (Lipinski definition) is 2. The van der Waals surface area contributed by atoms with E-state index in [-0.39, 0.29) is 11.7 Å². The third kappa shape index (κ3) is 2.53. The van der Waals surface area contributed by atoms with Gasteiger partial charge in [-0.1, -0.05) is 12.1 Å². The molecule has 2 heterocycles. The smallest absolute Gasteiger partial charge is 0.227 e. The summed E-state index contributed by atoms with van der Waals surface area (Å²) in [6.07, 6.45) is 5.63. The van der Waals surface area contributed by atoms with Crippen LogP contribution in [0.4, 0.5) is 0 Å². The van der Waals surface area contributed by atoms with E-state index >= 15 is 0 Å². The summed E-state index contributed by atoms with van der Waals surface area (Å²) >= 11 is 0. The summed E-state index contributed by atoms with van der Waals surface area (Å²) in [5.74, 6) is 0.763. The van der Waals surface area contributed by atoms with Crippen molar-refractivity contribution in [1.29, 1.82) is 0 Å². The molecule has 3 unspecified atom stereocenters. The van der Waals surface area contributed by atoms with Gasteiger partial charge in [0.25, 0.3) is 0 Å². The molecule has 3 fully saturated rings. The summed E-state index contributed by atoms with van der Waals surface area (Å²) in [5.41, 5.74) is 1.02. The fraction of sp³-hybridized carbons (Fsp3) is 0.588. The van der Waals surface area contributed by atoms with E-state index in [1.54, 1.807) is 12.1 Å². The highest BCUT2D eigenvalue weighted by Crippen LogP contribution is 2.37. The van der Waals surface area contributed by atoms with E-state index in [4.69, 9.17) is 0 Å². The molecule has 2 bridgehead atoms. The highest BCUT2D eigenvalue weighted by atomic mass is 16.3. The van der Waals surface area contributed by atoms with E-state index in [2.05, 4.69) is 10.2 Å². The zero-order chi connectivity index (χ0) is 14.4. The Morgan fingerprint density at radius 1 is 1.29 bits per heavy atom. The molecule has 4 nitrogen and oxygen atoms in total. The van der Waals surface area contributed by atoms with Crippen LogP contribution in [0.25, 0.3) is 0 Å². The van der Waals surface area contributed by atoms with Crippen molar-refractivity contribution < 1.29 is 9.90 Å².